The highest BCUT2D eigenvalue weighted by atomic mass is 79.9. The van der Waals surface area contributed by atoms with Crippen LogP contribution in [0.5, 0.6) is 11.5 Å². The Hall–Kier alpha value is -2.41. The molecule has 0 saturated carbocycles. The second kappa shape index (κ2) is 4.93. The largest absolute Gasteiger partial charge is 0.504 e. The molecule has 2 heterocycles. The minimum Gasteiger partial charge on any atom is -0.504 e. The van der Waals surface area contributed by atoms with E-state index in [4.69, 9.17) is 4.52 Å². The van der Waals surface area contributed by atoms with Crippen molar-refractivity contribution in [2.24, 2.45) is 0 Å². The molecular weight excluding hydrogens is 326 g/mol. The van der Waals surface area contributed by atoms with Gasteiger partial charge in [0, 0.05) is 10.7 Å². The Kier molecular flexibility index (Phi) is 3.11. The molecule has 2 N–H and O–H groups in total. The second-order valence-electron chi connectivity index (χ2n) is 3.96. The van der Waals surface area contributed by atoms with Crippen molar-refractivity contribution in [3.05, 3.63) is 41.0 Å². The van der Waals surface area contributed by atoms with E-state index in [1.54, 1.807) is 24.4 Å². The molecule has 6 nitrogen and oxygen atoms in total. The molecule has 0 fully saturated rings. The smallest absolute Gasteiger partial charge is 0.262 e. The summed E-state index contributed by atoms with van der Waals surface area (Å²) in [5.41, 5.74) is 0.809. The van der Waals surface area contributed by atoms with Crippen LogP contribution in [0.15, 0.2) is 45.5 Å². The fourth-order valence-corrected chi connectivity index (χ4v) is 1.88. The number of phenolic OH excluding ortho intramolecular Hbond substituents is 2. The van der Waals surface area contributed by atoms with Gasteiger partial charge in [-0.25, -0.2) is 0 Å². The van der Waals surface area contributed by atoms with Gasteiger partial charge >= 0.3 is 0 Å². The van der Waals surface area contributed by atoms with Crippen molar-refractivity contribution in [3.63, 3.8) is 0 Å². The maximum absolute atomic E-state index is 9.77. The predicted molar refractivity (Wildman–Crippen MR) is 74.0 cm³/mol. The summed E-state index contributed by atoms with van der Waals surface area (Å²) in [5, 5.41) is 23.0. The van der Waals surface area contributed by atoms with Gasteiger partial charge in [-0.15, -0.1) is 0 Å². The first kappa shape index (κ1) is 12.6. The van der Waals surface area contributed by atoms with Crippen LogP contribution >= 0.6 is 15.9 Å². The van der Waals surface area contributed by atoms with Gasteiger partial charge in [0.25, 0.3) is 5.89 Å². The average molecular weight is 334 g/mol. The maximum atomic E-state index is 9.77. The van der Waals surface area contributed by atoms with Crippen molar-refractivity contribution in [1.82, 2.24) is 15.1 Å². The van der Waals surface area contributed by atoms with Gasteiger partial charge in [0.1, 0.15) is 5.69 Å². The summed E-state index contributed by atoms with van der Waals surface area (Å²) in [4.78, 5) is 8.31. The molecule has 0 saturated heterocycles. The van der Waals surface area contributed by atoms with E-state index in [2.05, 4.69) is 31.1 Å². The number of para-hydroxylation sites is 1. The number of phenols is 2. The second-order valence-corrected chi connectivity index (χ2v) is 4.87. The molecule has 0 aliphatic rings. The van der Waals surface area contributed by atoms with E-state index >= 15 is 0 Å². The zero-order valence-corrected chi connectivity index (χ0v) is 11.6. The number of pyridine rings is 1. The lowest BCUT2D eigenvalue weighted by Crippen LogP contribution is -1.85. The Morgan fingerprint density at radius 2 is 1.95 bits per heavy atom. The quantitative estimate of drug-likeness (QED) is 0.700. The monoisotopic (exact) mass is 333 g/mol. The summed E-state index contributed by atoms with van der Waals surface area (Å²) >= 11 is 3.29. The third-order valence-corrected chi connectivity index (χ3v) is 3.10. The molecule has 0 aliphatic heterocycles. The molecular formula is C13H8BrN3O3. The zero-order chi connectivity index (χ0) is 14.1. The molecule has 2 aromatic heterocycles. The highest BCUT2D eigenvalue weighted by molar-refractivity contribution is 9.10. The van der Waals surface area contributed by atoms with Crippen LogP contribution in [0.4, 0.5) is 0 Å². The lowest BCUT2D eigenvalue weighted by atomic mass is 10.2. The Morgan fingerprint density at radius 3 is 2.70 bits per heavy atom. The molecule has 0 bridgehead atoms. The number of aromatic hydroxyl groups is 2. The summed E-state index contributed by atoms with van der Waals surface area (Å²) in [7, 11) is 0. The summed E-state index contributed by atoms with van der Waals surface area (Å²) in [6.45, 7) is 0. The fourth-order valence-electron chi connectivity index (χ4n) is 1.65. The highest BCUT2D eigenvalue weighted by Gasteiger charge is 2.16. The normalized spacial score (nSPS) is 10.7. The first-order valence-corrected chi connectivity index (χ1v) is 6.41. The van der Waals surface area contributed by atoms with E-state index in [1.807, 2.05) is 6.07 Å². The van der Waals surface area contributed by atoms with Crippen molar-refractivity contribution in [1.29, 1.82) is 0 Å². The lowest BCUT2D eigenvalue weighted by Gasteiger charge is -2.00. The van der Waals surface area contributed by atoms with Crippen LogP contribution in [0, 0.1) is 0 Å². The molecule has 100 valence electrons. The third kappa shape index (κ3) is 2.23. The zero-order valence-electron chi connectivity index (χ0n) is 9.99. The summed E-state index contributed by atoms with van der Waals surface area (Å²) in [5.74, 6) is -0.135. The summed E-state index contributed by atoms with van der Waals surface area (Å²) in [6.07, 6.45) is 1.62. The van der Waals surface area contributed by atoms with Crippen LogP contribution in [0.3, 0.4) is 0 Å². The number of benzene rings is 1. The Morgan fingerprint density at radius 1 is 1.10 bits per heavy atom. The van der Waals surface area contributed by atoms with E-state index in [-0.39, 0.29) is 23.0 Å². The molecule has 20 heavy (non-hydrogen) atoms. The van der Waals surface area contributed by atoms with E-state index < -0.39 is 0 Å². The number of hydrogen-bond donors (Lipinski definition) is 2. The molecule has 1 aromatic carbocycles. The topological polar surface area (TPSA) is 92.3 Å². The van der Waals surface area contributed by atoms with Gasteiger partial charge in [-0.3, -0.25) is 4.98 Å². The Labute approximate surface area is 121 Å². The first-order chi connectivity index (χ1) is 9.65. The molecule has 0 spiro atoms. The van der Waals surface area contributed by atoms with Crippen LogP contribution in [0.2, 0.25) is 0 Å². The SMILES string of the molecule is Oc1cccc(-c2nc(-c3ccc(Br)cn3)no2)c1O. The summed E-state index contributed by atoms with van der Waals surface area (Å²) < 4.78 is 5.93. The standard InChI is InChI=1S/C13H8BrN3O3/c14-7-4-5-9(15-6-7)12-16-13(20-17-12)8-2-1-3-10(18)11(8)19/h1-6,18-19H. The molecule has 3 aromatic rings. The van der Waals surface area contributed by atoms with E-state index in [1.165, 1.54) is 6.07 Å². The van der Waals surface area contributed by atoms with Gasteiger partial charge in [0.2, 0.25) is 5.82 Å². The molecule has 3 rings (SSSR count). The number of rotatable bonds is 2. The minimum atomic E-state index is -0.300. The van der Waals surface area contributed by atoms with Gasteiger partial charge in [-0.05, 0) is 40.2 Å². The molecule has 0 unspecified atom stereocenters. The van der Waals surface area contributed by atoms with Gasteiger partial charge in [-0.2, -0.15) is 4.98 Å². The van der Waals surface area contributed by atoms with Gasteiger partial charge in [0.05, 0.1) is 5.56 Å². The van der Waals surface area contributed by atoms with Gasteiger partial charge in [-0.1, -0.05) is 11.2 Å². The van der Waals surface area contributed by atoms with Crippen LogP contribution < -0.4 is 0 Å². The lowest BCUT2D eigenvalue weighted by molar-refractivity contribution is 0.397. The number of aromatic nitrogens is 3. The molecule has 0 atom stereocenters. The molecule has 0 radical (unpaired) electrons. The minimum absolute atomic E-state index is 0.109. The van der Waals surface area contributed by atoms with E-state index in [0.717, 1.165) is 4.47 Å². The van der Waals surface area contributed by atoms with Gasteiger partial charge in [0.15, 0.2) is 11.5 Å². The van der Waals surface area contributed by atoms with Crippen LogP contribution in [-0.4, -0.2) is 25.3 Å². The van der Waals surface area contributed by atoms with Crippen molar-refractivity contribution in [2.75, 3.05) is 0 Å². The van der Waals surface area contributed by atoms with E-state index in [9.17, 15) is 10.2 Å². The molecule has 0 amide bonds. The Bertz CT molecular complexity index is 756. The highest BCUT2D eigenvalue weighted by Crippen LogP contribution is 2.35. The first-order valence-electron chi connectivity index (χ1n) is 5.62. The predicted octanol–water partition coefficient (Wildman–Crippen LogP) is 2.97. The molecule has 0 aliphatic carbocycles. The van der Waals surface area contributed by atoms with Crippen molar-refractivity contribution < 1.29 is 14.7 Å². The average Bonchev–Trinajstić information content (AvgIpc) is 2.92. The number of nitrogens with zero attached hydrogens (tertiary/aromatic N) is 3. The van der Waals surface area contributed by atoms with Crippen molar-refractivity contribution >= 4 is 15.9 Å². The number of halogens is 1. The van der Waals surface area contributed by atoms with Crippen molar-refractivity contribution in [3.8, 4) is 34.5 Å². The van der Waals surface area contributed by atoms with Crippen LogP contribution in [-0.2, 0) is 0 Å². The van der Waals surface area contributed by atoms with Crippen LogP contribution in [0.25, 0.3) is 23.0 Å². The maximum Gasteiger partial charge on any atom is 0.262 e. The number of hydrogen-bond acceptors (Lipinski definition) is 6. The summed E-state index contributed by atoms with van der Waals surface area (Å²) in [6, 6.07) is 8.06. The van der Waals surface area contributed by atoms with Crippen molar-refractivity contribution in [2.45, 2.75) is 0 Å². The van der Waals surface area contributed by atoms with Gasteiger partial charge < -0.3 is 14.7 Å². The third-order valence-electron chi connectivity index (χ3n) is 2.63. The fraction of sp³-hybridized carbons (Fsp3) is 0. The Balaban J connectivity index is 2.02. The van der Waals surface area contributed by atoms with Crippen LogP contribution in [0.1, 0.15) is 0 Å². The van der Waals surface area contributed by atoms with E-state index in [0.29, 0.717) is 11.5 Å². The molecule has 7 heteroatoms.